The number of carbonyl (C=O) groups is 1. The topological polar surface area (TPSA) is 80.4 Å². The van der Waals surface area contributed by atoms with Crippen LogP contribution in [0.2, 0.25) is 0 Å². The van der Waals surface area contributed by atoms with Crippen molar-refractivity contribution in [2.24, 2.45) is 5.73 Å². The summed E-state index contributed by atoms with van der Waals surface area (Å²) in [6.45, 7) is 0. The quantitative estimate of drug-likeness (QED) is 0.749. The van der Waals surface area contributed by atoms with Crippen molar-refractivity contribution in [3.8, 4) is 0 Å². The van der Waals surface area contributed by atoms with Crippen molar-refractivity contribution in [1.82, 2.24) is 0 Å². The molecule has 1 rings (SSSR count). The second-order valence-electron chi connectivity index (χ2n) is 2.77. The summed E-state index contributed by atoms with van der Waals surface area (Å²) >= 11 is 0. The number of benzene rings is 1. The molecule has 0 aliphatic rings. The van der Waals surface area contributed by atoms with Gasteiger partial charge in [0.1, 0.15) is 6.04 Å². The Balaban J connectivity index is 2.64. The minimum absolute atomic E-state index is 0.0562. The van der Waals surface area contributed by atoms with Crippen LogP contribution in [0, 0.1) is 0 Å². The van der Waals surface area contributed by atoms with Crippen LogP contribution in [0.3, 0.4) is 0 Å². The summed E-state index contributed by atoms with van der Waals surface area (Å²) in [7, 11) is -1.34. The van der Waals surface area contributed by atoms with Gasteiger partial charge in [-0.1, -0.05) is 18.2 Å². The average Bonchev–Trinajstić information content (AvgIpc) is 2.19. The zero-order valence-electron chi connectivity index (χ0n) is 7.42. The molecule has 0 spiro atoms. The number of hydrogen-bond donors (Lipinski definition) is 2. The Kier molecular flexibility index (Phi) is 3.79. The van der Waals surface area contributed by atoms with Crippen LogP contribution in [0.4, 0.5) is 0 Å². The monoisotopic (exact) mass is 213 g/mol. The molecule has 0 aliphatic carbocycles. The van der Waals surface area contributed by atoms with E-state index < -0.39 is 22.8 Å². The van der Waals surface area contributed by atoms with E-state index in [1.165, 1.54) is 0 Å². The molecule has 2 unspecified atom stereocenters. The second-order valence-corrected chi connectivity index (χ2v) is 4.27. The summed E-state index contributed by atoms with van der Waals surface area (Å²) in [4.78, 5) is 11.0. The van der Waals surface area contributed by atoms with Crippen LogP contribution in [0.5, 0.6) is 0 Å². The lowest BCUT2D eigenvalue weighted by Crippen LogP contribution is -2.35. The molecule has 2 atom stereocenters. The number of aliphatic carboxylic acids is 1. The van der Waals surface area contributed by atoms with Crippen molar-refractivity contribution in [2.75, 3.05) is 5.75 Å². The lowest BCUT2D eigenvalue weighted by molar-refractivity contribution is -0.137. The number of rotatable bonds is 4. The van der Waals surface area contributed by atoms with E-state index in [4.69, 9.17) is 10.8 Å². The summed E-state index contributed by atoms with van der Waals surface area (Å²) < 4.78 is 11.5. The zero-order chi connectivity index (χ0) is 10.6. The van der Waals surface area contributed by atoms with Gasteiger partial charge in [0.15, 0.2) is 0 Å². The van der Waals surface area contributed by atoms with Crippen LogP contribution >= 0.6 is 0 Å². The Labute approximate surface area is 84.2 Å². The molecule has 4 nitrogen and oxygen atoms in total. The van der Waals surface area contributed by atoms with E-state index in [0.29, 0.717) is 4.90 Å². The molecule has 5 heteroatoms. The molecule has 0 saturated heterocycles. The molecular formula is C9H11NO3S. The normalized spacial score (nSPS) is 14.6. The fourth-order valence-corrected chi connectivity index (χ4v) is 2.02. The van der Waals surface area contributed by atoms with Crippen LogP contribution in [-0.4, -0.2) is 27.1 Å². The highest BCUT2D eigenvalue weighted by atomic mass is 32.2. The highest BCUT2D eigenvalue weighted by Crippen LogP contribution is 2.05. The summed E-state index contributed by atoms with van der Waals surface area (Å²) in [5.41, 5.74) is 5.26. The van der Waals surface area contributed by atoms with Crippen LogP contribution in [-0.2, 0) is 15.6 Å². The minimum atomic E-state index is -1.34. The average molecular weight is 213 g/mol. The number of carboxylic acid groups (broad SMARTS) is 1. The van der Waals surface area contributed by atoms with Crippen molar-refractivity contribution in [2.45, 2.75) is 10.9 Å². The molecule has 0 fully saturated rings. The SMILES string of the molecule is NC(CS(=O)c1ccccc1)C(=O)O. The number of carboxylic acids is 1. The van der Waals surface area contributed by atoms with E-state index in [0.717, 1.165) is 0 Å². The van der Waals surface area contributed by atoms with Gasteiger partial charge in [-0.15, -0.1) is 0 Å². The smallest absolute Gasteiger partial charge is 0.321 e. The Bertz CT molecular complexity index is 339. The van der Waals surface area contributed by atoms with Crippen molar-refractivity contribution in [3.63, 3.8) is 0 Å². The first-order valence-corrected chi connectivity index (χ1v) is 5.35. The highest BCUT2D eigenvalue weighted by Gasteiger charge is 2.15. The van der Waals surface area contributed by atoms with Crippen LogP contribution in [0.1, 0.15) is 0 Å². The molecule has 3 N–H and O–H groups in total. The van der Waals surface area contributed by atoms with Crippen molar-refractivity contribution < 1.29 is 14.1 Å². The predicted molar refractivity (Wildman–Crippen MR) is 53.3 cm³/mol. The maximum Gasteiger partial charge on any atom is 0.321 e. The number of nitrogens with two attached hydrogens (primary N) is 1. The van der Waals surface area contributed by atoms with E-state index in [1.807, 2.05) is 0 Å². The Morgan fingerprint density at radius 2 is 2.00 bits per heavy atom. The highest BCUT2D eigenvalue weighted by molar-refractivity contribution is 7.85. The number of hydrogen-bond acceptors (Lipinski definition) is 3. The summed E-state index contributed by atoms with van der Waals surface area (Å²) in [5, 5.41) is 8.52. The van der Waals surface area contributed by atoms with Crippen molar-refractivity contribution >= 4 is 16.8 Å². The molecule has 0 saturated carbocycles. The van der Waals surface area contributed by atoms with Gasteiger partial charge in [0.2, 0.25) is 0 Å². The third-order valence-electron chi connectivity index (χ3n) is 1.65. The van der Waals surface area contributed by atoms with E-state index in [9.17, 15) is 9.00 Å². The largest absolute Gasteiger partial charge is 0.480 e. The first-order valence-electron chi connectivity index (χ1n) is 4.03. The fourth-order valence-electron chi connectivity index (χ4n) is 0.903. The van der Waals surface area contributed by atoms with Gasteiger partial charge in [0.25, 0.3) is 0 Å². The van der Waals surface area contributed by atoms with Crippen molar-refractivity contribution in [1.29, 1.82) is 0 Å². The molecule has 0 bridgehead atoms. The standard InChI is InChI=1S/C9H11NO3S/c10-8(9(11)12)6-14(13)7-4-2-1-3-5-7/h1-5,8H,6,10H2,(H,11,12). The van der Waals surface area contributed by atoms with E-state index in [1.54, 1.807) is 30.3 Å². The van der Waals surface area contributed by atoms with Crippen LogP contribution in [0.15, 0.2) is 35.2 Å². The third kappa shape index (κ3) is 2.93. The second kappa shape index (κ2) is 4.88. The molecule has 1 aromatic carbocycles. The fraction of sp³-hybridized carbons (Fsp3) is 0.222. The lowest BCUT2D eigenvalue weighted by Gasteiger charge is -2.05. The van der Waals surface area contributed by atoms with E-state index >= 15 is 0 Å². The molecule has 1 aromatic rings. The van der Waals surface area contributed by atoms with Gasteiger partial charge in [0.05, 0.1) is 16.6 Å². The maximum absolute atomic E-state index is 11.5. The molecule has 0 radical (unpaired) electrons. The maximum atomic E-state index is 11.5. The van der Waals surface area contributed by atoms with Gasteiger partial charge >= 0.3 is 5.97 Å². The summed E-state index contributed by atoms with van der Waals surface area (Å²) in [5.74, 6) is -1.19. The molecule has 0 aromatic heterocycles. The van der Waals surface area contributed by atoms with E-state index in [2.05, 4.69) is 0 Å². The molecule has 0 heterocycles. The molecule has 76 valence electrons. The van der Waals surface area contributed by atoms with Crippen LogP contribution < -0.4 is 5.73 Å². The zero-order valence-corrected chi connectivity index (χ0v) is 8.24. The molecule has 14 heavy (non-hydrogen) atoms. The molecular weight excluding hydrogens is 202 g/mol. The first kappa shape index (κ1) is 10.9. The Morgan fingerprint density at radius 3 is 2.50 bits per heavy atom. The summed E-state index contributed by atoms with van der Waals surface area (Å²) in [6.07, 6.45) is 0. The van der Waals surface area contributed by atoms with Crippen molar-refractivity contribution in [3.05, 3.63) is 30.3 Å². The summed E-state index contributed by atoms with van der Waals surface area (Å²) in [6, 6.07) is 7.60. The van der Waals surface area contributed by atoms with Gasteiger partial charge in [-0.05, 0) is 12.1 Å². The Hall–Kier alpha value is -1.20. The van der Waals surface area contributed by atoms with Gasteiger partial charge in [-0.25, -0.2) is 0 Å². The molecule has 0 aliphatic heterocycles. The van der Waals surface area contributed by atoms with Gasteiger partial charge < -0.3 is 10.8 Å². The van der Waals surface area contributed by atoms with Gasteiger partial charge in [0, 0.05) is 4.90 Å². The minimum Gasteiger partial charge on any atom is -0.480 e. The first-order chi connectivity index (χ1) is 6.61. The Morgan fingerprint density at radius 1 is 1.43 bits per heavy atom. The predicted octanol–water partition coefficient (Wildman–Crippen LogP) is 0.206. The third-order valence-corrected chi connectivity index (χ3v) is 3.11. The lowest BCUT2D eigenvalue weighted by atomic mass is 10.4. The van der Waals surface area contributed by atoms with E-state index in [-0.39, 0.29) is 5.75 Å². The van der Waals surface area contributed by atoms with Gasteiger partial charge in [-0.2, -0.15) is 0 Å². The van der Waals surface area contributed by atoms with Gasteiger partial charge in [-0.3, -0.25) is 9.00 Å². The van der Waals surface area contributed by atoms with Crippen LogP contribution in [0.25, 0.3) is 0 Å². The molecule has 0 amide bonds.